The summed E-state index contributed by atoms with van der Waals surface area (Å²) in [6.45, 7) is 7.56. The molecule has 0 atom stereocenters. The molecule has 4 nitrogen and oxygen atoms in total. The van der Waals surface area contributed by atoms with E-state index in [2.05, 4.69) is 13.2 Å². The average Bonchev–Trinajstić information content (AvgIpc) is 1.89. The smallest absolute Gasteiger partial charge is 0 e. The first-order chi connectivity index (χ1) is 4.91. The number of carbonyl (C=O) groups is 2. The van der Waals surface area contributed by atoms with Gasteiger partial charge in [-0.1, -0.05) is 13.2 Å². The van der Waals surface area contributed by atoms with Crippen LogP contribution in [0.25, 0.3) is 0 Å². The number of hydrogen-bond donors (Lipinski definition) is 2. The summed E-state index contributed by atoms with van der Waals surface area (Å²) < 4.78 is 0. The Kier molecular flexibility index (Phi) is 26.5. The normalized spacial score (nSPS) is 5.92. The molecular weight excluding hydrogens is 254 g/mol. The Morgan fingerprint density at radius 3 is 1.46 bits per heavy atom. The molecule has 13 heavy (non-hydrogen) atoms. The molecule has 0 aliphatic heterocycles. The van der Waals surface area contributed by atoms with Crippen molar-refractivity contribution in [1.82, 2.24) is 0 Å². The third kappa shape index (κ3) is 32.9. The molecule has 0 spiro atoms. The monoisotopic (exact) mass is 264 g/mol. The van der Waals surface area contributed by atoms with Crippen molar-refractivity contribution < 1.29 is 39.3 Å². The number of aliphatic carboxylic acids is 2. The molecule has 0 heterocycles. The van der Waals surface area contributed by atoms with Gasteiger partial charge in [0.05, 0.1) is 0 Å². The zero-order chi connectivity index (χ0) is 9.44. The van der Waals surface area contributed by atoms with E-state index >= 15 is 0 Å². The molecule has 0 amide bonds. The van der Waals surface area contributed by atoms with Crippen LogP contribution in [0.3, 0.4) is 0 Å². The van der Waals surface area contributed by atoms with Gasteiger partial charge in [-0.15, -0.1) is 0 Å². The minimum Gasteiger partial charge on any atom is 0 e. The maximum Gasteiger partial charge on any atom is 0 e. The first kappa shape index (κ1) is 23.3. The minimum atomic E-state index is -0.981. The van der Waals surface area contributed by atoms with E-state index in [1.165, 1.54) is 6.92 Å². The molecule has 0 radical (unpaired) electrons. The Morgan fingerprint density at radius 1 is 1.31 bits per heavy atom. The summed E-state index contributed by atoms with van der Waals surface area (Å²) in [7, 11) is 0. The summed E-state index contributed by atoms with van der Waals surface area (Å²) in [5.74, 6) is -1.92. The first-order valence-corrected chi connectivity index (χ1v) is 2.66. The summed E-state index contributed by atoms with van der Waals surface area (Å²) in [6.07, 6.45) is 0.833. The summed E-state index contributed by atoms with van der Waals surface area (Å²) in [4.78, 5) is 18.8. The standard InChI is InChI=1S/C4H6O2.C3H4O2.Ca.Zn.2H/c1-3(2)4(5)6;1-2-3(4)5;;;;/h1H2,2H3,(H,5,6);2H,1H2,(H,4,5);;;;. The fourth-order valence-electron chi connectivity index (χ4n) is 0. The maximum atomic E-state index is 9.60. The van der Waals surface area contributed by atoms with E-state index in [0.29, 0.717) is 0 Å². The maximum absolute atomic E-state index is 9.60. The van der Waals surface area contributed by atoms with Gasteiger partial charge in [0.25, 0.3) is 0 Å². The van der Waals surface area contributed by atoms with E-state index in [0.717, 1.165) is 6.08 Å². The van der Waals surface area contributed by atoms with Crippen molar-refractivity contribution in [2.24, 2.45) is 0 Å². The van der Waals surface area contributed by atoms with Crippen LogP contribution in [0, 0.1) is 0 Å². The molecule has 6 heteroatoms. The first-order valence-electron chi connectivity index (χ1n) is 2.66. The van der Waals surface area contributed by atoms with E-state index in [1.54, 1.807) is 0 Å². The van der Waals surface area contributed by atoms with E-state index in [4.69, 9.17) is 10.2 Å². The molecule has 0 aromatic carbocycles. The predicted molar refractivity (Wildman–Crippen MR) is 48.8 cm³/mol. The van der Waals surface area contributed by atoms with Crippen molar-refractivity contribution in [3.8, 4) is 0 Å². The number of hydrogen-bond acceptors (Lipinski definition) is 2. The minimum absolute atomic E-state index is 0. The van der Waals surface area contributed by atoms with Gasteiger partial charge in [-0.2, -0.15) is 0 Å². The third-order valence-corrected chi connectivity index (χ3v) is 0.540. The molecule has 0 saturated heterocycles. The van der Waals surface area contributed by atoms with Crippen LogP contribution in [0.1, 0.15) is 6.92 Å². The van der Waals surface area contributed by atoms with Crippen LogP contribution in [0.4, 0.5) is 0 Å². The van der Waals surface area contributed by atoms with Crippen LogP contribution < -0.4 is 0 Å². The van der Waals surface area contributed by atoms with Crippen molar-refractivity contribution in [2.75, 3.05) is 0 Å². The Balaban J connectivity index is -0.0000000546. The Hall–Kier alpha value is 0.303. The average molecular weight is 266 g/mol. The van der Waals surface area contributed by atoms with Crippen LogP contribution >= 0.6 is 0 Å². The molecule has 0 fully saturated rings. The summed E-state index contributed by atoms with van der Waals surface area (Å²) in [6, 6.07) is 0. The van der Waals surface area contributed by atoms with Crippen LogP contribution in [0.2, 0.25) is 0 Å². The van der Waals surface area contributed by atoms with Gasteiger partial charge in [0.1, 0.15) is 0 Å². The number of carboxylic acid groups (broad SMARTS) is 2. The summed E-state index contributed by atoms with van der Waals surface area (Å²) in [5.41, 5.74) is 0.176. The van der Waals surface area contributed by atoms with E-state index in [-0.39, 0.29) is 62.8 Å². The van der Waals surface area contributed by atoms with Crippen molar-refractivity contribution in [3.63, 3.8) is 0 Å². The SMILES string of the molecule is C=C(C)C(=O)O.C=CC(=O)O.[CaH2].[Zn]. The van der Waals surface area contributed by atoms with Crippen LogP contribution in [-0.4, -0.2) is 59.9 Å². The van der Waals surface area contributed by atoms with Crippen molar-refractivity contribution in [3.05, 3.63) is 24.8 Å². The zero-order valence-corrected chi connectivity index (χ0v) is 9.88. The van der Waals surface area contributed by atoms with Crippen LogP contribution in [0.5, 0.6) is 0 Å². The second-order valence-electron chi connectivity index (χ2n) is 1.63. The summed E-state index contributed by atoms with van der Waals surface area (Å²) >= 11 is 0. The van der Waals surface area contributed by atoms with E-state index in [1.807, 2.05) is 0 Å². The Labute approximate surface area is 119 Å². The molecule has 0 unspecified atom stereocenters. The second-order valence-corrected chi connectivity index (χ2v) is 1.63. The second kappa shape index (κ2) is 14.8. The molecule has 68 valence electrons. The predicted octanol–water partition coefficient (Wildman–Crippen LogP) is -0.0146. The van der Waals surface area contributed by atoms with Crippen molar-refractivity contribution in [1.29, 1.82) is 0 Å². The van der Waals surface area contributed by atoms with Crippen molar-refractivity contribution in [2.45, 2.75) is 6.92 Å². The van der Waals surface area contributed by atoms with Gasteiger partial charge in [-0.05, 0) is 6.92 Å². The Morgan fingerprint density at radius 2 is 1.46 bits per heavy atom. The summed E-state index contributed by atoms with van der Waals surface area (Å²) in [5, 5.41) is 15.5. The molecule has 2 N–H and O–H groups in total. The number of rotatable bonds is 2. The topological polar surface area (TPSA) is 74.6 Å². The van der Waals surface area contributed by atoms with Gasteiger partial charge >= 0.3 is 49.7 Å². The van der Waals surface area contributed by atoms with Gasteiger partial charge in [-0.25, -0.2) is 9.59 Å². The molecule has 0 bridgehead atoms. The van der Waals surface area contributed by atoms with E-state index in [9.17, 15) is 9.59 Å². The van der Waals surface area contributed by atoms with Gasteiger partial charge in [0.2, 0.25) is 0 Å². The van der Waals surface area contributed by atoms with E-state index < -0.39 is 11.9 Å². The molecule has 0 rings (SSSR count). The van der Waals surface area contributed by atoms with Gasteiger partial charge in [-0.3, -0.25) is 0 Å². The van der Waals surface area contributed by atoms with Crippen molar-refractivity contribution >= 4 is 49.7 Å². The molecular formula is C7H12CaO4Zn. The van der Waals surface area contributed by atoms with Gasteiger partial charge in [0, 0.05) is 31.1 Å². The quantitative estimate of drug-likeness (QED) is 0.544. The van der Waals surface area contributed by atoms with Crippen LogP contribution in [0.15, 0.2) is 24.8 Å². The molecule has 0 aliphatic rings. The van der Waals surface area contributed by atoms with Gasteiger partial charge < -0.3 is 10.2 Å². The molecule has 0 saturated carbocycles. The molecule has 0 aromatic heterocycles. The fourth-order valence-corrected chi connectivity index (χ4v) is 0. The molecule has 0 aliphatic carbocycles. The largest absolute Gasteiger partial charge is 0 e. The fraction of sp³-hybridized carbons (Fsp3) is 0.143. The van der Waals surface area contributed by atoms with Crippen LogP contribution in [-0.2, 0) is 29.1 Å². The van der Waals surface area contributed by atoms with Gasteiger partial charge in [0.15, 0.2) is 0 Å². The molecule has 0 aromatic rings. The Bertz CT molecular complexity index is 179. The third-order valence-electron chi connectivity index (χ3n) is 0.540. The zero-order valence-electron chi connectivity index (χ0n) is 6.91. The number of carboxylic acids is 2.